The van der Waals surface area contributed by atoms with Gasteiger partial charge in [-0.2, -0.15) is 0 Å². The van der Waals surface area contributed by atoms with Crippen LogP contribution in [0.5, 0.6) is 0 Å². The molecule has 0 N–H and O–H groups in total. The van der Waals surface area contributed by atoms with Crippen LogP contribution in [0.2, 0.25) is 0 Å². The number of aryl methyl sites for hydroxylation is 1. The van der Waals surface area contributed by atoms with E-state index in [1.165, 1.54) is 4.88 Å². The second kappa shape index (κ2) is 7.94. The molecule has 128 valence electrons. The zero-order valence-electron chi connectivity index (χ0n) is 14.3. The van der Waals surface area contributed by atoms with Crippen LogP contribution in [-0.2, 0) is 11.4 Å². The van der Waals surface area contributed by atoms with E-state index in [1.807, 2.05) is 56.3 Å². The number of rotatable bonds is 7. The first-order valence-electron chi connectivity index (χ1n) is 8.08. The quantitative estimate of drug-likeness (QED) is 0.358. The number of hydrogen-bond acceptors (Lipinski definition) is 4. The Morgan fingerprint density at radius 3 is 2.72 bits per heavy atom. The fraction of sp³-hybridized carbons (Fsp3) is 0.200. The lowest BCUT2D eigenvalue weighted by molar-refractivity contribution is 0.0778. The molecule has 0 saturated carbocycles. The molecular formula is C20H20N2O2S. The standard InChI is InChI=1S/C20H20N2O2S/c1-15-11-19(16(2)22(15)13-18-9-6-10-25-18)20(23)14-24-21-12-17-7-4-3-5-8-17/h3-12H,13-14H2,1-2H3/b21-12+. The third kappa shape index (κ3) is 4.25. The van der Waals surface area contributed by atoms with Crippen molar-refractivity contribution in [2.75, 3.05) is 6.61 Å². The van der Waals surface area contributed by atoms with Gasteiger partial charge in [-0.3, -0.25) is 4.79 Å². The lowest BCUT2D eigenvalue weighted by atomic mass is 10.1. The Morgan fingerprint density at radius 2 is 2.00 bits per heavy atom. The first-order chi connectivity index (χ1) is 12.1. The van der Waals surface area contributed by atoms with Crippen LogP contribution in [0, 0.1) is 13.8 Å². The van der Waals surface area contributed by atoms with Gasteiger partial charge in [0.2, 0.25) is 5.78 Å². The van der Waals surface area contributed by atoms with Crippen molar-refractivity contribution in [1.29, 1.82) is 0 Å². The van der Waals surface area contributed by atoms with E-state index in [2.05, 4.69) is 21.2 Å². The van der Waals surface area contributed by atoms with Crippen LogP contribution in [0.3, 0.4) is 0 Å². The predicted octanol–water partition coefficient (Wildman–Crippen LogP) is 4.45. The topological polar surface area (TPSA) is 43.6 Å². The minimum atomic E-state index is -0.0629. The van der Waals surface area contributed by atoms with Crippen molar-refractivity contribution >= 4 is 23.3 Å². The smallest absolute Gasteiger partial charge is 0.204 e. The van der Waals surface area contributed by atoms with Gasteiger partial charge in [-0.05, 0) is 36.9 Å². The van der Waals surface area contributed by atoms with Crippen LogP contribution in [0.1, 0.15) is 32.2 Å². The second-order valence-corrected chi connectivity index (χ2v) is 6.82. The van der Waals surface area contributed by atoms with E-state index >= 15 is 0 Å². The van der Waals surface area contributed by atoms with Crippen LogP contribution in [0.4, 0.5) is 0 Å². The summed E-state index contributed by atoms with van der Waals surface area (Å²) in [4.78, 5) is 18.9. The summed E-state index contributed by atoms with van der Waals surface area (Å²) in [6.07, 6.45) is 1.60. The molecular weight excluding hydrogens is 332 g/mol. The van der Waals surface area contributed by atoms with E-state index in [1.54, 1.807) is 17.6 Å². The van der Waals surface area contributed by atoms with Gasteiger partial charge in [-0.1, -0.05) is 41.6 Å². The lowest BCUT2D eigenvalue weighted by Gasteiger charge is -2.08. The maximum Gasteiger partial charge on any atom is 0.204 e. The molecule has 0 saturated heterocycles. The molecule has 3 rings (SSSR count). The van der Waals surface area contributed by atoms with Crippen LogP contribution < -0.4 is 0 Å². The Labute approximate surface area is 151 Å². The molecule has 25 heavy (non-hydrogen) atoms. The Morgan fingerprint density at radius 1 is 1.20 bits per heavy atom. The number of thiophene rings is 1. The molecule has 0 unspecified atom stereocenters. The summed E-state index contributed by atoms with van der Waals surface area (Å²) in [6.45, 7) is 4.72. The van der Waals surface area contributed by atoms with Crippen molar-refractivity contribution in [3.05, 3.63) is 81.3 Å². The van der Waals surface area contributed by atoms with Crippen molar-refractivity contribution < 1.29 is 9.63 Å². The van der Waals surface area contributed by atoms with E-state index in [-0.39, 0.29) is 12.4 Å². The van der Waals surface area contributed by atoms with Gasteiger partial charge in [0.15, 0.2) is 6.61 Å². The number of benzene rings is 1. The molecule has 0 aliphatic rings. The van der Waals surface area contributed by atoms with E-state index in [0.717, 1.165) is 23.5 Å². The molecule has 0 aliphatic carbocycles. The number of oxime groups is 1. The summed E-state index contributed by atoms with van der Waals surface area (Å²) in [6, 6.07) is 15.7. The number of aromatic nitrogens is 1. The average molecular weight is 352 g/mol. The number of carbonyl (C=O) groups is 1. The van der Waals surface area contributed by atoms with Gasteiger partial charge in [0.05, 0.1) is 12.8 Å². The Bertz CT molecular complexity index is 865. The summed E-state index contributed by atoms with van der Waals surface area (Å²) in [5.74, 6) is -0.0595. The normalized spacial score (nSPS) is 11.1. The number of hydrogen-bond donors (Lipinski definition) is 0. The highest BCUT2D eigenvalue weighted by atomic mass is 32.1. The van der Waals surface area contributed by atoms with Gasteiger partial charge in [0.1, 0.15) is 0 Å². The average Bonchev–Trinajstić information content (AvgIpc) is 3.23. The third-order valence-electron chi connectivity index (χ3n) is 4.04. The Hall–Kier alpha value is -2.66. The maximum absolute atomic E-state index is 12.4. The van der Waals surface area contributed by atoms with E-state index in [4.69, 9.17) is 4.84 Å². The maximum atomic E-state index is 12.4. The van der Waals surface area contributed by atoms with Gasteiger partial charge in [0, 0.05) is 21.8 Å². The van der Waals surface area contributed by atoms with Crippen molar-refractivity contribution in [2.24, 2.45) is 5.16 Å². The molecule has 0 aliphatic heterocycles. The monoisotopic (exact) mass is 352 g/mol. The summed E-state index contributed by atoms with van der Waals surface area (Å²) < 4.78 is 2.16. The van der Waals surface area contributed by atoms with E-state index in [0.29, 0.717) is 5.56 Å². The largest absolute Gasteiger partial charge is 0.387 e. The third-order valence-corrected chi connectivity index (χ3v) is 4.90. The number of ketones is 1. The lowest BCUT2D eigenvalue weighted by Crippen LogP contribution is -2.09. The van der Waals surface area contributed by atoms with Crippen LogP contribution >= 0.6 is 11.3 Å². The summed E-state index contributed by atoms with van der Waals surface area (Å²) >= 11 is 1.72. The molecule has 3 aromatic rings. The minimum Gasteiger partial charge on any atom is -0.387 e. The van der Waals surface area contributed by atoms with Crippen LogP contribution in [0.15, 0.2) is 59.1 Å². The highest BCUT2D eigenvalue weighted by molar-refractivity contribution is 7.09. The zero-order chi connectivity index (χ0) is 17.6. The van der Waals surface area contributed by atoms with Gasteiger partial charge in [0.25, 0.3) is 0 Å². The molecule has 4 nitrogen and oxygen atoms in total. The first-order valence-corrected chi connectivity index (χ1v) is 8.96. The molecule has 0 spiro atoms. The molecule has 0 amide bonds. The SMILES string of the molecule is Cc1cc(C(=O)CO/N=C/c2ccccc2)c(C)n1Cc1cccs1. The highest BCUT2D eigenvalue weighted by Gasteiger charge is 2.16. The zero-order valence-corrected chi connectivity index (χ0v) is 15.1. The van der Waals surface area contributed by atoms with Crippen LogP contribution in [-0.4, -0.2) is 23.2 Å². The highest BCUT2D eigenvalue weighted by Crippen LogP contribution is 2.19. The Kier molecular flexibility index (Phi) is 5.46. The van der Waals surface area contributed by atoms with E-state index < -0.39 is 0 Å². The second-order valence-electron chi connectivity index (χ2n) is 5.79. The molecule has 2 heterocycles. The molecule has 0 atom stereocenters. The number of nitrogens with zero attached hydrogens (tertiary/aromatic N) is 2. The Balaban J connectivity index is 1.63. The fourth-order valence-corrected chi connectivity index (χ4v) is 3.39. The number of Topliss-reactive ketones (excluding diaryl/α,β-unsaturated/α-hetero) is 1. The molecule has 1 aromatic carbocycles. The fourth-order valence-electron chi connectivity index (χ4n) is 2.70. The number of carbonyl (C=O) groups excluding carboxylic acids is 1. The van der Waals surface area contributed by atoms with Gasteiger partial charge >= 0.3 is 0 Å². The van der Waals surface area contributed by atoms with Crippen molar-refractivity contribution in [2.45, 2.75) is 20.4 Å². The predicted molar refractivity (Wildman–Crippen MR) is 102 cm³/mol. The van der Waals surface area contributed by atoms with Crippen molar-refractivity contribution in [1.82, 2.24) is 4.57 Å². The molecule has 0 bridgehead atoms. The first kappa shape index (κ1) is 17.2. The van der Waals surface area contributed by atoms with Crippen molar-refractivity contribution in [3.63, 3.8) is 0 Å². The summed E-state index contributed by atoms with van der Waals surface area (Å²) in [7, 11) is 0. The molecule has 2 aromatic heterocycles. The van der Waals surface area contributed by atoms with E-state index in [9.17, 15) is 4.79 Å². The molecule has 5 heteroatoms. The molecule has 0 radical (unpaired) electrons. The summed E-state index contributed by atoms with van der Waals surface area (Å²) in [5, 5.41) is 5.94. The van der Waals surface area contributed by atoms with Crippen molar-refractivity contribution in [3.8, 4) is 0 Å². The van der Waals surface area contributed by atoms with Gasteiger partial charge in [-0.15, -0.1) is 11.3 Å². The van der Waals surface area contributed by atoms with Gasteiger partial charge in [-0.25, -0.2) is 0 Å². The minimum absolute atomic E-state index is 0.0595. The summed E-state index contributed by atoms with van der Waals surface area (Å²) in [5.41, 5.74) is 3.67. The van der Waals surface area contributed by atoms with Crippen LogP contribution in [0.25, 0.3) is 0 Å². The van der Waals surface area contributed by atoms with Gasteiger partial charge < -0.3 is 9.40 Å². The molecule has 0 fully saturated rings.